The smallest absolute Gasteiger partial charge is 0.395 e. The molecule has 0 saturated carbocycles. The summed E-state index contributed by atoms with van der Waals surface area (Å²) >= 11 is 3.39. The summed E-state index contributed by atoms with van der Waals surface area (Å²) in [4.78, 5) is 22.5. The molecule has 0 bridgehead atoms. The van der Waals surface area contributed by atoms with Crippen LogP contribution in [0.3, 0.4) is 0 Å². The second-order valence-corrected chi connectivity index (χ2v) is 6.18. The predicted octanol–water partition coefficient (Wildman–Crippen LogP) is 4.47. The summed E-state index contributed by atoms with van der Waals surface area (Å²) in [5.74, 6) is -1.10. The van der Waals surface area contributed by atoms with Gasteiger partial charge in [0.05, 0.1) is 12.1 Å². The summed E-state index contributed by atoms with van der Waals surface area (Å²) in [6.45, 7) is 0. The van der Waals surface area contributed by atoms with Gasteiger partial charge in [0.25, 0.3) is 5.91 Å². The summed E-state index contributed by atoms with van der Waals surface area (Å²) in [5.41, 5.74) is 1.77. The van der Waals surface area contributed by atoms with Crippen molar-refractivity contribution in [2.75, 3.05) is 0 Å². The molecule has 2 aromatic carbocycles. The largest absolute Gasteiger partial charge is 0.433 e. The van der Waals surface area contributed by atoms with E-state index in [0.717, 1.165) is 21.7 Å². The maximum Gasteiger partial charge on any atom is 0.433 e. The summed E-state index contributed by atoms with van der Waals surface area (Å²) in [7, 11) is 0. The Morgan fingerprint density at radius 3 is 2.24 bits per heavy atom. The molecule has 1 amide bonds. The van der Waals surface area contributed by atoms with Gasteiger partial charge in [-0.05, 0) is 29.3 Å². The summed E-state index contributed by atoms with van der Waals surface area (Å²) in [5, 5.41) is 13.6. The zero-order chi connectivity index (χ0) is 17.8. The van der Waals surface area contributed by atoms with Crippen molar-refractivity contribution in [2.45, 2.75) is 6.04 Å². The standard InChI is InChI=1S/C18H13BrN2O4/c19-14-8-6-13(7-9-14)17(12-4-2-1-3-5-12)20-18(22)15-10-11-16(25-15)21(23)24/h1-11,17H,(H,20,22). The Balaban J connectivity index is 1.90. The Morgan fingerprint density at radius 1 is 1.00 bits per heavy atom. The van der Waals surface area contributed by atoms with Crippen molar-refractivity contribution in [3.8, 4) is 0 Å². The van der Waals surface area contributed by atoms with Crippen LogP contribution in [0.4, 0.5) is 5.88 Å². The molecule has 0 aliphatic rings. The molecule has 3 rings (SSSR count). The van der Waals surface area contributed by atoms with E-state index in [-0.39, 0.29) is 5.76 Å². The first-order chi connectivity index (χ1) is 12.0. The number of furan rings is 1. The SMILES string of the molecule is O=C(NC(c1ccccc1)c1ccc(Br)cc1)c1ccc([N+](=O)[O-])o1. The molecule has 0 spiro atoms. The van der Waals surface area contributed by atoms with Gasteiger partial charge in [-0.25, -0.2) is 0 Å². The lowest BCUT2D eigenvalue weighted by Crippen LogP contribution is -2.29. The number of nitrogens with zero attached hydrogens (tertiary/aromatic N) is 1. The second-order valence-electron chi connectivity index (χ2n) is 5.26. The summed E-state index contributed by atoms with van der Waals surface area (Å²) < 4.78 is 5.91. The zero-order valence-electron chi connectivity index (χ0n) is 12.9. The van der Waals surface area contributed by atoms with E-state index in [1.807, 2.05) is 54.6 Å². The maximum absolute atomic E-state index is 12.5. The molecule has 1 heterocycles. The first-order valence-corrected chi connectivity index (χ1v) is 8.19. The lowest BCUT2D eigenvalue weighted by molar-refractivity contribution is -0.402. The molecule has 0 aliphatic carbocycles. The predicted molar refractivity (Wildman–Crippen MR) is 95.3 cm³/mol. The number of nitrogens with one attached hydrogen (secondary N) is 1. The minimum absolute atomic E-state index is 0.107. The summed E-state index contributed by atoms with van der Waals surface area (Å²) in [6.07, 6.45) is 0. The van der Waals surface area contributed by atoms with Gasteiger partial charge < -0.3 is 9.73 Å². The van der Waals surface area contributed by atoms with E-state index in [4.69, 9.17) is 4.42 Å². The van der Waals surface area contributed by atoms with Crippen molar-refractivity contribution in [2.24, 2.45) is 0 Å². The van der Waals surface area contributed by atoms with Crippen LogP contribution < -0.4 is 5.32 Å². The molecule has 1 N–H and O–H groups in total. The average Bonchev–Trinajstić information content (AvgIpc) is 3.12. The topological polar surface area (TPSA) is 85.4 Å². The van der Waals surface area contributed by atoms with Crippen LogP contribution in [-0.2, 0) is 0 Å². The maximum atomic E-state index is 12.5. The Kier molecular flexibility index (Phi) is 4.95. The van der Waals surface area contributed by atoms with E-state index >= 15 is 0 Å². The second kappa shape index (κ2) is 7.31. The third-order valence-corrected chi connectivity index (χ3v) is 4.14. The Hall–Kier alpha value is -2.93. The van der Waals surface area contributed by atoms with E-state index < -0.39 is 22.8 Å². The van der Waals surface area contributed by atoms with Crippen molar-refractivity contribution >= 4 is 27.7 Å². The minimum atomic E-state index is -0.680. The first-order valence-electron chi connectivity index (χ1n) is 7.40. The van der Waals surface area contributed by atoms with Crippen molar-refractivity contribution in [3.05, 3.63) is 98.2 Å². The Bertz CT molecular complexity index is 891. The molecule has 1 atom stereocenters. The van der Waals surface area contributed by atoms with Crippen LogP contribution in [0, 0.1) is 10.1 Å². The molecule has 0 radical (unpaired) electrons. The first kappa shape index (κ1) is 16.9. The molecule has 6 nitrogen and oxygen atoms in total. The molecular formula is C18H13BrN2O4. The normalized spacial score (nSPS) is 11.7. The number of amides is 1. The van der Waals surface area contributed by atoms with Gasteiger partial charge in [0.2, 0.25) is 0 Å². The van der Waals surface area contributed by atoms with Crippen LogP contribution in [0.25, 0.3) is 0 Å². The van der Waals surface area contributed by atoms with Crippen molar-refractivity contribution < 1.29 is 14.1 Å². The van der Waals surface area contributed by atoms with E-state index in [1.165, 1.54) is 6.07 Å². The highest BCUT2D eigenvalue weighted by molar-refractivity contribution is 9.10. The van der Waals surface area contributed by atoms with Gasteiger partial charge in [0.1, 0.15) is 4.92 Å². The minimum Gasteiger partial charge on any atom is -0.395 e. The van der Waals surface area contributed by atoms with Gasteiger partial charge in [-0.3, -0.25) is 14.9 Å². The highest BCUT2D eigenvalue weighted by atomic mass is 79.9. The molecule has 0 aliphatic heterocycles. The molecule has 0 fully saturated rings. The summed E-state index contributed by atoms with van der Waals surface area (Å²) in [6, 6.07) is 19.0. The highest BCUT2D eigenvalue weighted by Crippen LogP contribution is 2.25. The fourth-order valence-corrected chi connectivity index (χ4v) is 2.67. The van der Waals surface area contributed by atoms with Crippen molar-refractivity contribution in [1.82, 2.24) is 5.32 Å². The highest BCUT2D eigenvalue weighted by Gasteiger charge is 2.22. The number of nitro groups is 1. The van der Waals surface area contributed by atoms with Gasteiger partial charge in [0.15, 0.2) is 5.76 Å². The molecule has 126 valence electrons. The van der Waals surface area contributed by atoms with Crippen molar-refractivity contribution in [1.29, 1.82) is 0 Å². The van der Waals surface area contributed by atoms with E-state index in [2.05, 4.69) is 21.2 Å². The molecule has 0 saturated heterocycles. The number of carbonyl (C=O) groups excluding carboxylic acids is 1. The third-order valence-electron chi connectivity index (χ3n) is 3.61. The quantitative estimate of drug-likeness (QED) is 0.505. The fraction of sp³-hybridized carbons (Fsp3) is 0.0556. The van der Waals surface area contributed by atoms with Crippen LogP contribution in [0.2, 0.25) is 0 Å². The van der Waals surface area contributed by atoms with Crippen LogP contribution in [0.1, 0.15) is 27.7 Å². The molecule has 1 unspecified atom stereocenters. The number of benzene rings is 2. The van der Waals surface area contributed by atoms with E-state index in [9.17, 15) is 14.9 Å². The Morgan fingerprint density at radius 2 is 1.64 bits per heavy atom. The number of hydrogen-bond donors (Lipinski definition) is 1. The van der Waals surface area contributed by atoms with Crippen LogP contribution in [0.5, 0.6) is 0 Å². The molecular weight excluding hydrogens is 388 g/mol. The number of carbonyl (C=O) groups is 1. The molecule has 7 heteroatoms. The number of halogens is 1. The van der Waals surface area contributed by atoms with E-state index in [0.29, 0.717) is 0 Å². The lowest BCUT2D eigenvalue weighted by atomic mass is 9.98. The van der Waals surface area contributed by atoms with Gasteiger partial charge in [-0.1, -0.05) is 58.4 Å². The van der Waals surface area contributed by atoms with Crippen molar-refractivity contribution in [3.63, 3.8) is 0 Å². The molecule has 25 heavy (non-hydrogen) atoms. The fourth-order valence-electron chi connectivity index (χ4n) is 2.41. The van der Waals surface area contributed by atoms with Gasteiger partial charge in [0, 0.05) is 4.47 Å². The van der Waals surface area contributed by atoms with Crippen LogP contribution >= 0.6 is 15.9 Å². The Labute approximate surface area is 151 Å². The lowest BCUT2D eigenvalue weighted by Gasteiger charge is -2.19. The van der Waals surface area contributed by atoms with Crippen LogP contribution in [-0.4, -0.2) is 10.8 Å². The molecule has 1 aromatic heterocycles. The van der Waals surface area contributed by atoms with Gasteiger partial charge >= 0.3 is 5.88 Å². The number of hydrogen-bond acceptors (Lipinski definition) is 4. The third kappa shape index (κ3) is 3.95. The van der Waals surface area contributed by atoms with E-state index in [1.54, 1.807) is 0 Å². The average molecular weight is 401 g/mol. The van der Waals surface area contributed by atoms with Gasteiger partial charge in [-0.15, -0.1) is 0 Å². The molecule has 3 aromatic rings. The monoisotopic (exact) mass is 400 g/mol. The van der Waals surface area contributed by atoms with Gasteiger partial charge in [-0.2, -0.15) is 0 Å². The number of rotatable bonds is 5. The van der Waals surface area contributed by atoms with Crippen LogP contribution in [0.15, 0.2) is 75.6 Å². The zero-order valence-corrected chi connectivity index (χ0v) is 14.5.